The van der Waals surface area contributed by atoms with Crippen LogP contribution in [-0.2, 0) is 0 Å². The van der Waals surface area contributed by atoms with Gasteiger partial charge in [0.2, 0.25) is 0 Å². The molecular weight excluding hydrogens is 204 g/mol. The van der Waals surface area contributed by atoms with E-state index in [0.29, 0.717) is 6.04 Å². The SMILES string of the molecule is CCC(Nc1ccncc1)c1cccs1. The Hall–Kier alpha value is -1.35. The van der Waals surface area contributed by atoms with Crippen molar-refractivity contribution in [3.8, 4) is 0 Å². The van der Waals surface area contributed by atoms with Gasteiger partial charge in [0.25, 0.3) is 0 Å². The first-order valence-corrected chi connectivity index (χ1v) is 5.98. The van der Waals surface area contributed by atoms with Gasteiger partial charge in [-0.15, -0.1) is 11.3 Å². The summed E-state index contributed by atoms with van der Waals surface area (Å²) in [5.74, 6) is 0. The molecule has 2 aromatic rings. The fraction of sp³-hybridized carbons (Fsp3) is 0.250. The maximum atomic E-state index is 4.00. The molecule has 78 valence electrons. The Morgan fingerprint density at radius 2 is 2.13 bits per heavy atom. The summed E-state index contributed by atoms with van der Waals surface area (Å²) in [6.45, 7) is 2.19. The van der Waals surface area contributed by atoms with Crippen LogP contribution in [0, 0.1) is 0 Å². The first-order chi connectivity index (χ1) is 7.40. The van der Waals surface area contributed by atoms with Gasteiger partial charge in [-0.25, -0.2) is 0 Å². The summed E-state index contributed by atoms with van der Waals surface area (Å²) in [5, 5.41) is 5.62. The lowest BCUT2D eigenvalue weighted by atomic mass is 10.2. The minimum absolute atomic E-state index is 0.410. The van der Waals surface area contributed by atoms with Crippen LogP contribution in [0.25, 0.3) is 0 Å². The molecule has 2 rings (SSSR count). The topological polar surface area (TPSA) is 24.9 Å². The number of nitrogens with zero attached hydrogens (tertiary/aromatic N) is 1. The molecule has 0 aliphatic rings. The molecule has 2 nitrogen and oxygen atoms in total. The van der Waals surface area contributed by atoms with Crippen LogP contribution in [0.1, 0.15) is 24.3 Å². The molecule has 0 bridgehead atoms. The van der Waals surface area contributed by atoms with E-state index < -0.39 is 0 Å². The summed E-state index contributed by atoms with van der Waals surface area (Å²) in [5.41, 5.74) is 1.13. The molecule has 2 heterocycles. The Kier molecular flexibility index (Phi) is 3.35. The molecule has 1 N–H and O–H groups in total. The lowest BCUT2D eigenvalue weighted by Gasteiger charge is -2.16. The van der Waals surface area contributed by atoms with E-state index in [1.54, 1.807) is 11.3 Å². The van der Waals surface area contributed by atoms with E-state index in [-0.39, 0.29) is 0 Å². The van der Waals surface area contributed by atoms with Crippen molar-refractivity contribution in [2.45, 2.75) is 19.4 Å². The maximum Gasteiger partial charge on any atom is 0.0604 e. The van der Waals surface area contributed by atoms with E-state index in [0.717, 1.165) is 12.1 Å². The Morgan fingerprint density at radius 1 is 1.33 bits per heavy atom. The van der Waals surface area contributed by atoms with Crippen molar-refractivity contribution in [1.82, 2.24) is 4.98 Å². The van der Waals surface area contributed by atoms with E-state index >= 15 is 0 Å². The average molecular weight is 218 g/mol. The van der Waals surface area contributed by atoms with Crippen LogP contribution in [0.5, 0.6) is 0 Å². The van der Waals surface area contributed by atoms with Crippen molar-refractivity contribution in [2.75, 3.05) is 5.32 Å². The van der Waals surface area contributed by atoms with Crippen molar-refractivity contribution < 1.29 is 0 Å². The maximum absolute atomic E-state index is 4.00. The molecule has 0 radical (unpaired) electrons. The number of hydrogen-bond donors (Lipinski definition) is 1. The average Bonchev–Trinajstić information content (AvgIpc) is 2.81. The highest BCUT2D eigenvalue weighted by atomic mass is 32.1. The molecule has 0 amide bonds. The summed E-state index contributed by atoms with van der Waals surface area (Å²) < 4.78 is 0. The van der Waals surface area contributed by atoms with E-state index in [1.165, 1.54) is 4.88 Å². The van der Waals surface area contributed by atoms with Gasteiger partial charge >= 0.3 is 0 Å². The van der Waals surface area contributed by atoms with Crippen LogP contribution in [0.3, 0.4) is 0 Å². The first kappa shape index (κ1) is 10.2. The second-order valence-corrected chi connectivity index (χ2v) is 4.34. The largest absolute Gasteiger partial charge is 0.377 e. The number of rotatable bonds is 4. The minimum Gasteiger partial charge on any atom is -0.377 e. The third-order valence-electron chi connectivity index (χ3n) is 2.32. The van der Waals surface area contributed by atoms with Crippen LogP contribution in [-0.4, -0.2) is 4.98 Å². The fourth-order valence-corrected chi connectivity index (χ4v) is 2.37. The molecule has 0 saturated carbocycles. The van der Waals surface area contributed by atoms with E-state index in [1.807, 2.05) is 24.5 Å². The molecule has 0 aliphatic carbocycles. The number of anilines is 1. The molecule has 0 saturated heterocycles. The standard InChI is InChI=1S/C12H14N2S/c1-2-11(12-4-3-9-15-12)14-10-5-7-13-8-6-10/h3-9,11H,2H2,1H3,(H,13,14). The molecule has 1 atom stereocenters. The highest BCUT2D eigenvalue weighted by Gasteiger charge is 2.09. The third-order valence-corrected chi connectivity index (χ3v) is 3.30. The fourth-order valence-electron chi connectivity index (χ4n) is 1.51. The van der Waals surface area contributed by atoms with Crippen molar-refractivity contribution in [3.05, 3.63) is 46.9 Å². The number of thiophene rings is 1. The van der Waals surface area contributed by atoms with Gasteiger partial charge in [-0.3, -0.25) is 4.98 Å². The summed E-state index contributed by atoms with van der Waals surface area (Å²) in [6.07, 6.45) is 4.70. The molecule has 0 fully saturated rings. The van der Waals surface area contributed by atoms with Crippen LogP contribution < -0.4 is 5.32 Å². The van der Waals surface area contributed by atoms with Gasteiger partial charge in [-0.2, -0.15) is 0 Å². The van der Waals surface area contributed by atoms with Crippen LogP contribution in [0.4, 0.5) is 5.69 Å². The van der Waals surface area contributed by atoms with Crippen molar-refractivity contribution in [3.63, 3.8) is 0 Å². The highest BCUT2D eigenvalue weighted by molar-refractivity contribution is 7.10. The van der Waals surface area contributed by atoms with Crippen LogP contribution in [0.15, 0.2) is 42.0 Å². The Balaban J connectivity index is 2.10. The summed E-state index contributed by atoms with van der Waals surface area (Å²) in [4.78, 5) is 5.39. The smallest absolute Gasteiger partial charge is 0.0604 e. The molecular formula is C12H14N2S. The van der Waals surface area contributed by atoms with Gasteiger partial charge < -0.3 is 5.32 Å². The van der Waals surface area contributed by atoms with E-state index in [4.69, 9.17) is 0 Å². The van der Waals surface area contributed by atoms with Gasteiger partial charge in [0.05, 0.1) is 6.04 Å². The van der Waals surface area contributed by atoms with Gasteiger partial charge in [0.15, 0.2) is 0 Å². The molecule has 15 heavy (non-hydrogen) atoms. The van der Waals surface area contributed by atoms with Crippen molar-refractivity contribution >= 4 is 17.0 Å². The normalized spacial score (nSPS) is 12.3. The molecule has 0 spiro atoms. The monoisotopic (exact) mass is 218 g/mol. The minimum atomic E-state index is 0.410. The molecule has 2 aromatic heterocycles. The summed E-state index contributed by atoms with van der Waals surface area (Å²) >= 11 is 1.80. The number of pyridine rings is 1. The zero-order valence-corrected chi connectivity index (χ0v) is 9.50. The summed E-state index contributed by atoms with van der Waals surface area (Å²) in [7, 11) is 0. The zero-order valence-electron chi connectivity index (χ0n) is 8.68. The van der Waals surface area contributed by atoms with E-state index in [9.17, 15) is 0 Å². The van der Waals surface area contributed by atoms with Crippen molar-refractivity contribution in [2.24, 2.45) is 0 Å². The summed E-state index contributed by atoms with van der Waals surface area (Å²) in [6, 6.07) is 8.67. The Bertz CT molecular complexity index is 383. The highest BCUT2D eigenvalue weighted by Crippen LogP contribution is 2.25. The molecule has 1 unspecified atom stereocenters. The first-order valence-electron chi connectivity index (χ1n) is 5.10. The van der Waals surface area contributed by atoms with Gasteiger partial charge in [0.1, 0.15) is 0 Å². The van der Waals surface area contributed by atoms with Gasteiger partial charge in [-0.05, 0) is 30.0 Å². The Morgan fingerprint density at radius 3 is 2.73 bits per heavy atom. The molecule has 3 heteroatoms. The lowest BCUT2D eigenvalue weighted by Crippen LogP contribution is -2.07. The molecule has 0 aromatic carbocycles. The van der Waals surface area contributed by atoms with Crippen LogP contribution in [0.2, 0.25) is 0 Å². The predicted molar refractivity (Wildman–Crippen MR) is 65.2 cm³/mol. The van der Waals surface area contributed by atoms with Crippen LogP contribution >= 0.6 is 11.3 Å². The third kappa shape index (κ3) is 2.57. The Labute approximate surface area is 94.0 Å². The zero-order chi connectivity index (χ0) is 10.5. The lowest BCUT2D eigenvalue weighted by molar-refractivity contribution is 0.763. The van der Waals surface area contributed by atoms with Gasteiger partial charge in [-0.1, -0.05) is 13.0 Å². The predicted octanol–water partition coefficient (Wildman–Crippen LogP) is 3.71. The second-order valence-electron chi connectivity index (χ2n) is 3.36. The van der Waals surface area contributed by atoms with Crippen molar-refractivity contribution in [1.29, 1.82) is 0 Å². The number of aromatic nitrogens is 1. The van der Waals surface area contributed by atoms with E-state index in [2.05, 4.69) is 34.7 Å². The quantitative estimate of drug-likeness (QED) is 0.846. The second kappa shape index (κ2) is 4.94. The van der Waals surface area contributed by atoms with Gasteiger partial charge in [0, 0.05) is 23.0 Å². The number of hydrogen-bond acceptors (Lipinski definition) is 3. The molecule has 0 aliphatic heterocycles. The number of nitrogens with one attached hydrogen (secondary N) is 1.